The number of carbonyl (C=O) groups is 1. The monoisotopic (exact) mass is 228 g/mol. The van der Waals surface area contributed by atoms with Crippen molar-refractivity contribution >= 4 is 5.91 Å². The molecule has 1 saturated heterocycles. The Balaban J connectivity index is 2.10. The number of carbonyl (C=O) groups excluding carboxylic acids is 1. The zero-order chi connectivity index (χ0) is 11.8. The van der Waals surface area contributed by atoms with Gasteiger partial charge >= 0.3 is 0 Å². The molecule has 0 aliphatic carbocycles. The number of nitrogens with one attached hydrogen (secondary N) is 2. The van der Waals surface area contributed by atoms with Crippen molar-refractivity contribution in [1.82, 2.24) is 10.6 Å². The van der Waals surface area contributed by atoms with Gasteiger partial charge in [-0.2, -0.15) is 0 Å². The van der Waals surface area contributed by atoms with E-state index < -0.39 is 0 Å². The van der Waals surface area contributed by atoms with Gasteiger partial charge in [0.2, 0.25) is 5.91 Å². The van der Waals surface area contributed by atoms with Gasteiger partial charge in [0.25, 0.3) is 0 Å². The summed E-state index contributed by atoms with van der Waals surface area (Å²) in [6, 6.07) is 0.334. The van der Waals surface area contributed by atoms with E-state index in [9.17, 15) is 4.79 Å². The van der Waals surface area contributed by atoms with Crippen molar-refractivity contribution < 1.29 is 9.53 Å². The summed E-state index contributed by atoms with van der Waals surface area (Å²) in [5, 5.41) is 6.19. The molecule has 0 radical (unpaired) electrons. The van der Waals surface area contributed by atoms with E-state index >= 15 is 0 Å². The first-order valence-electron chi connectivity index (χ1n) is 6.34. The second-order valence-corrected chi connectivity index (χ2v) is 4.46. The first-order chi connectivity index (χ1) is 7.72. The first kappa shape index (κ1) is 13.5. The van der Waals surface area contributed by atoms with E-state index in [2.05, 4.69) is 24.5 Å². The zero-order valence-electron chi connectivity index (χ0n) is 10.4. The summed E-state index contributed by atoms with van der Waals surface area (Å²) in [7, 11) is 0. The highest BCUT2D eigenvalue weighted by molar-refractivity contribution is 5.76. The van der Waals surface area contributed by atoms with Crippen LogP contribution in [0.5, 0.6) is 0 Å². The van der Waals surface area contributed by atoms with Gasteiger partial charge in [0.05, 0.1) is 12.5 Å². The van der Waals surface area contributed by atoms with Gasteiger partial charge in [-0.25, -0.2) is 0 Å². The minimum atomic E-state index is 0.108. The van der Waals surface area contributed by atoms with Gasteiger partial charge < -0.3 is 15.4 Å². The largest absolute Gasteiger partial charge is 0.378 e. The summed E-state index contributed by atoms with van der Waals surface area (Å²) >= 11 is 0. The summed E-state index contributed by atoms with van der Waals surface area (Å²) in [6.07, 6.45) is 4.00. The average Bonchev–Trinajstić information content (AvgIpc) is 2.28. The highest BCUT2D eigenvalue weighted by Crippen LogP contribution is 2.15. The molecule has 4 heteroatoms. The van der Waals surface area contributed by atoms with Crippen molar-refractivity contribution in [2.24, 2.45) is 0 Å². The van der Waals surface area contributed by atoms with Gasteiger partial charge in [0.1, 0.15) is 0 Å². The maximum Gasteiger partial charge on any atom is 0.222 e. The summed E-state index contributed by atoms with van der Waals surface area (Å²) < 4.78 is 5.53. The molecule has 1 fully saturated rings. The topological polar surface area (TPSA) is 50.4 Å². The van der Waals surface area contributed by atoms with Crippen LogP contribution in [0.4, 0.5) is 0 Å². The average molecular weight is 228 g/mol. The lowest BCUT2D eigenvalue weighted by molar-refractivity contribution is -0.124. The molecule has 1 aliphatic rings. The third-order valence-corrected chi connectivity index (χ3v) is 2.85. The molecule has 0 aromatic carbocycles. The van der Waals surface area contributed by atoms with Crippen LogP contribution in [-0.4, -0.2) is 37.7 Å². The van der Waals surface area contributed by atoms with Gasteiger partial charge in [-0.15, -0.1) is 0 Å². The standard InChI is InChI=1S/C12H24N2O2/c1-3-13-10(2)9-14-12(15)8-11-6-4-5-7-16-11/h10-11,13H,3-9H2,1-2H3,(H,14,15)/t10-,11?/m1/s1. The fourth-order valence-corrected chi connectivity index (χ4v) is 1.93. The Morgan fingerprint density at radius 3 is 2.94 bits per heavy atom. The number of ether oxygens (including phenoxy) is 1. The van der Waals surface area contributed by atoms with Crippen LogP contribution < -0.4 is 10.6 Å². The summed E-state index contributed by atoms with van der Waals surface area (Å²) in [6.45, 7) is 6.57. The van der Waals surface area contributed by atoms with E-state index in [1.807, 2.05) is 0 Å². The molecule has 0 saturated carbocycles. The number of amides is 1. The van der Waals surface area contributed by atoms with Crippen LogP contribution in [0, 0.1) is 0 Å². The Bertz CT molecular complexity index is 203. The van der Waals surface area contributed by atoms with E-state index in [1.54, 1.807) is 0 Å². The van der Waals surface area contributed by atoms with Crippen molar-refractivity contribution in [2.45, 2.75) is 51.7 Å². The predicted octanol–water partition coefficient (Wildman–Crippen LogP) is 1.06. The molecule has 1 rings (SSSR count). The third kappa shape index (κ3) is 5.47. The van der Waals surface area contributed by atoms with Crippen LogP contribution in [0.3, 0.4) is 0 Å². The Morgan fingerprint density at radius 1 is 1.50 bits per heavy atom. The van der Waals surface area contributed by atoms with E-state index in [4.69, 9.17) is 4.74 Å². The van der Waals surface area contributed by atoms with Gasteiger partial charge in [0, 0.05) is 19.2 Å². The fourth-order valence-electron chi connectivity index (χ4n) is 1.93. The van der Waals surface area contributed by atoms with Crippen LogP contribution in [0.1, 0.15) is 39.5 Å². The van der Waals surface area contributed by atoms with Crippen LogP contribution in [0.2, 0.25) is 0 Å². The molecule has 0 aromatic heterocycles. The molecule has 16 heavy (non-hydrogen) atoms. The Labute approximate surface area is 98.1 Å². The first-order valence-corrected chi connectivity index (χ1v) is 6.34. The molecule has 1 amide bonds. The zero-order valence-corrected chi connectivity index (χ0v) is 10.4. The Hall–Kier alpha value is -0.610. The van der Waals surface area contributed by atoms with E-state index in [0.717, 1.165) is 26.0 Å². The molecule has 4 nitrogen and oxygen atoms in total. The van der Waals surface area contributed by atoms with E-state index in [0.29, 0.717) is 19.0 Å². The minimum Gasteiger partial charge on any atom is -0.378 e. The lowest BCUT2D eigenvalue weighted by Crippen LogP contribution is -2.40. The molecular weight excluding hydrogens is 204 g/mol. The molecule has 2 N–H and O–H groups in total. The lowest BCUT2D eigenvalue weighted by atomic mass is 10.1. The number of likely N-dealkylation sites (N-methyl/N-ethyl adjacent to an activating group) is 1. The molecule has 94 valence electrons. The van der Waals surface area contributed by atoms with E-state index in [-0.39, 0.29) is 12.0 Å². The summed E-state index contributed by atoms with van der Waals surface area (Å²) in [4.78, 5) is 11.6. The number of hydrogen-bond acceptors (Lipinski definition) is 3. The molecule has 0 spiro atoms. The third-order valence-electron chi connectivity index (χ3n) is 2.85. The Kier molecular flexibility index (Phi) is 6.42. The number of hydrogen-bond donors (Lipinski definition) is 2. The SMILES string of the molecule is CCN[C@H](C)CNC(=O)CC1CCCCO1. The highest BCUT2D eigenvalue weighted by atomic mass is 16.5. The predicted molar refractivity (Wildman–Crippen MR) is 64.4 cm³/mol. The molecule has 2 atom stereocenters. The quantitative estimate of drug-likeness (QED) is 0.714. The maximum absolute atomic E-state index is 11.6. The molecule has 1 heterocycles. The van der Waals surface area contributed by atoms with Gasteiger partial charge in [-0.05, 0) is 32.7 Å². The van der Waals surface area contributed by atoms with Gasteiger partial charge in [-0.3, -0.25) is 4.79 Å². The van der Waals surface area contributed by atoms with Crippen molar-refractivity contribution in [3.05, 3.63) is 0 Å². The van der Waals surface area contributed by atoms with Crippen LogP contribution >= 0.6 is 0 Å². The Morgan fingerprint density at radius 2 is 2.31 bits per heavy atom. The van der Waals surface area contributed by atoms with Crippen molar-refractivity contribution in [1.29, 1.82) is 0 Å². The summed E-state index contributed by atoms with van der Waals surface area (Å²) in [5.74, 6) is 0.108. The van der Waals surface area contributed by atoms with Crippen molar-refractivity contribution in [3.63, 3.8) is 0 Å². The molecule has 0 aromatic rings. The molecule has 1 unspecified atom stereocenters. The van der Waals surface area contributed by atoms with Crippen molar-refractivity contribution in [3.8, 4) is 0 Å². The van der Waals surface area contributed by atoms with Crippen LogP contribution in [0.25, 0.3) is 0 Å². The number of rotatable bonds is 6. The molecular formula is C12H24N2O2. The minimum absolute atomic E-state index is 0.108. The van der Waals surface area contributed by atoms with Crippen LogP contribution in [0.15, 0.2) is 0 Å². The lowest BCUT2D eigenvalue weighted by Gasteiger charge is -2.22. The smallest absolute Gasteiger partial charge is 0.222 e. The maximum atomic E-state index is 11.6. The molecule has 1 aliphatic heterocycles. The second-order valence-electron chi connectivity index (χ2n) is 4.46. The molecule has 0 bridgehead atoms. The highest BCUT2D eigenvalue weighted by Gasteiger charge is 2.17. The van der Waals surface area contributed by atoms with Crippen molar-refractivity contribution in [2.75, 3.05) is 19.7 Å². The van der Waals surface area contributed by atoms with E-state index in [1.165, 1.54) is 6.42 Å². The van der Waals surface area contributed by atoms with Gasteiger partial charge in [0.15, 0.2) is 0 Å². The van der Waals surface area contributed by atoms with Crippen LogP contribution in [-0.2, 0) is 9.53 Å². The normalized spacial score (nSPS) is 22.8. The van der Waals surface area contributed by atoms with Gasteiger partial charge in [-0.1, -0.05) is 6.92 Å². The summed E-state index contributed by atoms with van der Waals surface area (Å²) in [5.41, 5.74) is 0. The second kappa shape index (κ2) is 7.63. The fraction of sp³-hybridized carbons (Fsp3) is 0.917.